The van der Waals surface area contributed by atoms with E-state index >= 15 is 0 Å². The zero-order chi connectivity index (χ0) is 13.1. The normalized spacial score (nSPS) is 10.5. The van der Waals surface area contributed by atoms with Gasteiger partial charge in [-0.1, -0.05) is 42.0 Å². The van der Waals surface area contributed by atoms with Crippen LogP contribution in [0, 0.1) is 0 Å². The number of nitrogens with two attached hydrogens (primary N) is 2. The molecule has 0 bridgehead atoms. The molecule has 3 nitrogen and oxygen atoms in total. The molecule has 4 N–H and O–H groups in total. The van der Waals surface area contributed by atoms with E-state index in [2.05, 4.69) is 0 Å². The van der Waals surface area contributed by atoms with Crippen LogP contribution in [0.2, 0.25) is 0 Å². The summed E-state index contributed by atoms with van der Waals surface area (Å²) in [6, 6.07) is 10.0. The van der Waals surface area contributed by atoms with Crippen molar-refractivity contribution in [2.24, 2.45) is 11.5 Å². The molecular weight excluding hydrogens is 212 g/mol. The number of carbonyl (C=O) groups is 1. The highest BCUT2D eigenvalue weighted by atomic mass is 16.1. The van der Waals surface area contributed by atoms with Crippen LogP contribution in [0.1, 0.15) is 25.8 Å². The third kappa shape index (κ3) is 9.48. The first kappa shape index (κ1) is 15.6. The molecular formula is C14H22N2O. The van der Waals surface area contributed by atoms with Crippen molar-refractivity contribution < 1.29 is 4.79 Å². The highest BCUT2D eigenvalue weighted by Gasteiger charge is 1.95. The first-order valence-corrected chi connectivity index (χ1v) is 5.72. The standard InChI is InChI=1S/C12H14O.C2H8N2/c1-10(8-11(2)13)9-12-6-4-3-5-7-12;3-1-2-4/h3-7,9H,8H2,1-2H3;1-4H2. The summed E-state index contributed by atoms with van der Waals surface area (Å²) in [6.45, 7) is 4.79. The van der Waals surface area contributed by atoms with E-state index in [0.717, 1.165) is 11.1 Å². The summed E-state index contributed by atoms with van der Waals surface area (Å²) in [5.41, 5.74) is 12.1. The minimum atomic E-state index is 0.213. The van der Waals surface area contributed by atoms with Gasteiger partial charge < -0.3 is 11.5 Å². The zero-order valence-electron chi connectivity index (χ0n) is 10.6. The molecule has 17 heavy (non-hydrogen) atoms. The summed E-state index contributed by atoms with van der Waals surface area (Å²) < 4.78 is 0. The number of ketones is 1. The van der Waals surface area contributed by atoms with Gasteiger partial charge in [0.25, 0.3) is 0 Å². The van der Waals surface area contributed by atoms with Crippen molar-refractivity contribution >= 4 is 11.9 Å². The van der Waals surface area contributed by atoms with Crippen LogP contribution in [-0.2, 0) is 4.79 Å². The van der Waals surface area contributed by atoms with Crippen LogP contribution in [-0.4, -0.2) is 18.9 Å². The Morgan fingerprint density at radius 3 is 2.06 bits per heavy atom. The lowest BCUT2D eigenvalue weighted by Crippen LogP contribution is -2.11. The van der Waals surface area contributed by atoms with Crippen molar-refractivity contribution in [3.05, 3.63) is 41.5 Å². The molecule has 0 heterocycles. The number of benzene rings is 1. The van der Waals surface area contributed by atoms with Gasteiger partial charge >= 0.3 is 0 Å². The fraction of sp³-hybridized carbons (Fsp3) is 0.357. The van der Waals surface area contributed by atoms with Gasteiger partial charge in [-0.2, -0.15) is 0 Å². The molecule has 94 valence electrons. The number of rotatable bonds is 4. The maximum atomic E-state index is 10.8. The second-order valence-corrected chi connectivity index (χ2v) is 3.86. The van der Waals surface area contributed by atoms with E-state index in [-0.39, 0.29) is 5.78 Å². The Hall–Kier alpha value is -1.45. The molecule has 0 spiro atoms. The van der Waals surface area contributed by atoms with Gasteiger partial charge in [-0.25, -0.2) is 0 Å². The molecule has 0 unspecified atom stereocenters. The molecule has 0 radical (unpaired) electrons. The van der Waals surface area contributed by atoms with E-state index in [1.165, 1.54) is 0 Å². The minimum Gasteiger partial charge on any atom is -0.329 e. The van der Waals surface area contributed by atoms with Gasteiger partial charge in [0.2, 0.25) is 0 Å². The summed E-state index contributed by atoms with van der Waals surface area (Å²) in [6.07, 6.45) is 2.59. The molecule has 0 aliphatic rings. The molecule has 0 saturated heterocycles. The first-order valence-electron chi connectivity index (χ1n) is 5.72. The lowest BCUT2D eigenvalue weighted by Gasteiger charge is -1.97. The van der Waals surface area contributed by atoms with Crippen molar-refractivity contribution in [1.29, 1.82) is 0 Å². The Kier molecular flexibility index (Phi) is 8.92. The van der Waals surface area contributed by atoms with Gasteiger partial charge in [-0.05, 0) is 19.4 Å². The third-order valence-electron chi connectivity index (χ3n) is 1.91. The fourth-order valence-electron chi connectivity index (χ4n) is 1.28. The fourth-order valence-corrected chi connectivity index (χ4v) is 1.28. The first-order chi connectivity index (χ1) is 8.10. The number of hydrogen-bond donors (Lipinski definition) is 2. The van der Waals surface area contributed by atoms with Gasteiger partial charge in [0.05, 0.1) is 0 Å². The second-order valence-electron chi connectivity index (χ2n) is 3.86. The smallest absolute Gasteiger partial charge is 0.133 e. The summed E-state index contributed by atoms with van der Waals surface area (Å²) in [7, 11) is 0. The number of hydrogen-bond acceptors (Lipinski definition) is 3. The Bertz CT molecular complexity index is 342. The van der Waals surface area contributed by atoms with E-state index in [4.69, 9.17) is 11.5 Å². The zero-order valence-corrected chi connectivity index (χ0v) is 10.6. The van der Waals surface area contributed by atoms with Crippen LogP contribution >= 0.6 is 0 Å². The maximum absolute atomic E-state index is 10.8. The van der Waals surface area contributed by atoms with Crippen LogP contribution in [0.15, 0.2) is 35.9 Å². The van der Waals surface area contributed by atoms with E-state index in [9.17, 15) is 4.79 Å². The van der Waals surface area contributed by atoms with Crippen LogP contribution in [0.25, 0.3) is 6.08 Å². The van der Waals surface area contributed by atoms with Gasteiger partial charge in [-0.3, -0.25) is 4.79 Å². The summed E-state index contributed by atoms with van der Waals surface area (Å²) in [4.78, 5) is 10.8. The molecule has 0 atom stereocenters. The van der Waals surface area contributed by atoms with Crippen molar-refractivity contribution in [2.75, 3.05) is 13.1 Å². The average molecular weight is 234 g/mol. The third-order valence-corrected chi connectivity index (χ3v) is 1.91. The highest BCUT2D eigenvalue weighted by Crippen LogP contribution is 2.08. The van der Waals surface area contributed by atoms with Gasteiger partial charge in [-0.15, -0.1) is 0 Å². The molecule has 0 amide bonds. The lowest BCUT2D eigenvalue weighted by atomic mass is 10.1. The molecule has 3 heteroatoms. The van der Waals surface area contributed by atoms with Crippen molar-refractivity contribution in [3.63, 3.8) is 0 Å². The lowest BCUT2D eigenvalue weighted by molar-refractivity contribution is -0.116. The molecule has 0 aliphatic heterocycles. The molecule has 1 rings (SSSR count). The Morgan fingerprint density at radius 1 is 1.12 bits per heavy atom. The van der Waals surface area contributed by atoms with Gasteiger partial charge in [0.15, 0.2) is 0 Å². The predicted molar refractivity (Wildman–Crippen MR) is 73.5 cm³/mol. The van der Waals surface area contributed by atoms with Gasteiger partial charge in [0.1, 0.15) is 5.78 Å². The SMILES string of the molecule is CC(=O)CC(C)=Cc1ccccc1.NCCN. The Balaban J connectivity index is 0.000000557. The Labute approximate surface area is 104 Å². The van der Waals surface area contributed by atoms with Crippen LogP contribution in [0.3, 0.4) is 0 Å². The topological polar surface area (TPSA) is 69.1 Å². The quantitative estimate of drug-likeness (QED) is 0.837. The number of Topliss-reactive ketones (excluding diaryl/α,β-unsaturated/α-hetero) is 1. The molecule has 0 saturated carbocycles. The van der Waals surface area contributed by atoms with Crippen molar-refractivity contribution in [3.8, 4) is 0 Å². The number of carbonyl (C=O) groups excluding carboxylic acids is 1. The monoisotopic (exact) mass is 234 g/mol. The summed E-state index contributed by atoms with van der Waals surface area (Å²) >= 11 is 0. The predicted octanol–water partition coefficient (Wildman–Crippen LogP) is 1.97. The second kappa shape index (κ2) is 9.75. The van der Waals surface area contributed by atoms with E-state index in [1.54, 1.807) is 6.92 Å². The molecule has 0 aromatic heterocycles. The molecule has 1 aromatic rings. The van der Waals surface area contributed by atoms with E-state index in [1.807, 2.05) is 43.3 Å². The van der Waals surface area contributed by atoms with Crippen molar-refractivity contribution in [2.45, 2.75) is 20.3 Å². The summed E-state index contributed by atoms with van der Waals surface area (Å²) in [5.74, 6) is 0.213. The molecule has 0 fully saturated rings. The Morgan fingerprint density at radius 2 is 1.65 bits per heavy atom. The van der Waals surface area contributed by atoms with E-state index in [0.29, 0.717) is 19.5 Å². The molecule has 1 aromatic carbocycles. The highest BCUT2D eigenvalue weighted by molar-refractivity contribution is 5.79. The number of allylic oxidation sites excluding steroid dienone is 1. The van der Waals surface area contributed by atoms with Crippen LogP contribution in [0.4, 0.5) is 0 Å². The minimum absolute atomic E-state index is 0.213. The summed E-state index contributed by atoms with van der Waals surface area (Å²) in [5, 5.41) is 0. The van der Waals surface area contributed by atoms with Crippen molar-refractivity contribution in [1.82, 2.24) is 0 Å². The largest absolute Gasteiger partial charge is 0.329 e. The maximum Gasteiger partial charge on any atom is 0.133 e. The average Bonchev–Trinajstić information content (AvgIpc) is 2.29. The van der Waals surface area contributed by atoms with Crippen LogP contribution in [0.5, 0.6) is 0 Å². The molecule has 0 aliphatic carbocycles. The van der Waals surface area contributed by atoms with Gasteiger partial charge in [0, 0.05) is 19.5 Å². The van der Waals surface area contributed by atoms with E-state index < -0.39 is 0 Å². The van der Waals surface area contributed by atoms with Crippen LogP contribution < -0.4 is 11.5 Å².